The van der Waals surface area contributed by atoms with Crippen molar-refractivity contribution in [1.29, 1.82) is 0 Å². The second-order valence-electron chi connectivity index (χ2n) is 5.98. The summed E-state index contributed by atoms with van der Waals surface area (Å²) in [5.74, 6) is -0.446. The third-order valence-corrected chi connectivity index (χ3v) is 4.94. The SMILES string of the molecule is CSc1ncc(C(=O)NCC(c2ccc(F)cc2)N2CCCC2)cn1. The number of likely N-dealkylation sites (tertiary alicyclic amines) is 1. The predicted octanol–water partition coefficient (Wildman–Crippen LogP) is 2.90. The van der Waals surface area contributed by atoms with Crippen LogP contribution in [0.15, 0.2) is 41.8 Å². The molecule has 0 spiro atoms. The van der Waals surface area contributed by atoms with Crippen LogP contribution in [-0.4, -0.2) is 46.7 Å². The maximum atomic E-state index is 13.2. The smallest absolute Gasteiger partial charge is 0.254 e. The normalized spacial score (nSPS) is 15.9. The van der Waals surface area contributed by atoms with E-state index in [-0.39, 0.29) is 17.8 Å². The molecule has 25 heavy (non-hydrogen) atoms. The lowest BCUT2D eigenvalue weighted by molar-refractivity contribution is 0.0937. The van der Waals surface area contributed by atoms with Gasteiger partial charge in [-0.2, -0.15) is 0 Å². The highest BCUT2D eigenvalue weighted by atomic mass is 32.2. The van der Waals surface area contributed by atoms with Gasteiger partial charge in [-0.25, -0.2) is 14.4 Å². The van der Waals surface area contributed by atoms with E-state index < -0.39 is 0 Å². The average molecular weight is 360 g/mol. The largest absolute Gasteiger partial charge is 0.350 e. The molecule has 1 aliphatic heterocycles. The van der Waals surface area contributed by atoms with E-state index in [0.717, 1.165) is 31.5 Å². The molecule has 2 aromatic rings. The summed E-state index contributed by atoms with van der Waals surface area (Å²) in [7, 11) is 0. The number of thioether (sulfide) groups is 1. The number of carbonyl (C=O) groups excluding carboxylic acids is 1. The molecular formula is C18H21FN4OS. The first-order chi connectivity index (χ1) is 12.2. The van der Waals surface area contributed by atoms with E-state index >= 15 is 0 Å². The van der Waals surface area contributed by atoms with Crippen molar-refractivity contribution in [2.24, 2.45) is 0 Å². The number of amides is 1. The summed E-state index contributed by atoms with van der Waals surface area (Å²) in [6, 6.07) is 6.56. The summed E-state index contributed by atoms with van der Waals surface area (Å²) >= 11 is 1.43. The van der Waals surface area contributed by atoms with Gasteiger partial charge in [0.25, 0.3) is 5.91 Å². The van der Waals surface area contributed by atoms with Gasteiger partial charge in [0, 0.05) is 18.9 Å². The molecule has 1 saturated heterocycles. The Hall–Kier alpha value is -1.99. The molecule has 5 nitrogen and oxygen atoms in total. The van der Waals surface area contributed by atoms with Crippen LogP contribution in [0.1, 0.15) is 34.8 Å². The summed E-state index contributed by atoms with van der Waals surface area (Å²) in [6.45, 7) is 2.45. The molecular weight excluding hydrogens is 339 g/mol. The molecule has 132 valence electrons. The molecule has 1 amide bonds. The van der Waals surface area contributed by atoms with Crippen molar-refractivity contribution in [3.63, 3.8) is 0 Å². The van der Waals surface area contributed by atoms with E-state index in [4.69, 9.17) is 0 Å². The highest BCUT2D eigenvalue weighted by Gasteiger charge is 2.24. The van der Waals surface area contributed by atoms with Gasteiger partial charge in [0.2, 0.25) is 0 Å². The molecule has 1 aromatic carbocycles. The van der Waals surface area contributed by atoms with Gasteiger partial charge in [0.15, 0.2) is 5.16 Å². The van der Waals surface area contributed by atoms with Gasteiger partial charge in [-0.15, -0.1) is 0 Å². The molecule has 0 saturated carbocycles. The lowest BCUT2D eigenvalue weighted by Gasteiger charge is -2.28. The van der Waals surface area contributed by atoms with Crippen molar-refractivity contribution in [3.8, 4) is 0 Å². The number of nitrogens with one attached hydrogen (secondary N) is 1. The summed E-state index contributed by atoms with van der Waals surface area (Å²) in [6.07, 6.45) is 7.26. The van der Waals surface area contributed by atoms with Crippen molar-refractivity contribution < 1.29 is 9.18 Å². The maximum Gasteiger partial charge on any atom is 0.254 e. The van der Waals surface area contributed by atoms with Crippen LogP contribution in [-0.2, 0) is 0 Å². The van der Waals surface area contributed by atoms with Gasteiger partial charge in [-0.1, -0.05) is 23.9 Å². The number of aromatic nitrogens is 2. The van der Waals surface area contributed by atoms with Gasteiger partial charge in [0.05, 0.1) is 11.6 Å². The van der Waals surface area contributed by atoms with E-state index in [9.17, 15) is 9.18 Å². The number of hydrogen-bond acceptors (Lipinski definition) is 5. The summed E-state index contributed by atoms with van der Waals surface area (Å²) < 4.78 is 13.2. The van der Waals surface area contributed by atoms with E-state index in [0.29, 0.717) is 17.3 Å². The fourth-order valence-electron chi connectivity index (χ4n) is 3.03. The average Bonchev–Trinajstić information content (AvgIpc) is 3.17. The van der Waals surface area contributed by atoms with Crippen LogP contribution in [0.3, 0.4) is 0 Å². The van der Waals surface area contributed by atoms with Crippen molar-refractivity contribution in [2.45, 2.75) is 24.0 Å². The van der Waals surface area contributed by atoms with Gasteiger partial charge >= 0.3 is 0 Å². The molecule has 1 aromatic heterocycles. The highest BCUT2D eigenvalue weighted by molar-refractivity contribution is 7.98. The Morgan fingerprint density at radius 3 is 2.48 bits per heavy atom. The Labute approximate surface area is 151 Å². The first-order valence-electron chi connectivity index (χ1n) is 8.31. The van der Waals surface area contributed by atoms with Crippen molar-refractivity contribution in [1.82, 2.24) is 20.2 Å². The summed E-state index contributed by atoms with van der Waals surface area (Å²) in [5, 5.41) is 3.60. The van der Waals surface area contributed by atoms with E-state index in [2.05, 4.69) is 20.2 Å². The Bertz CT molecular complexity index is 702. The van der Waals surface area contributed by atoms with E-state index in [1.54, 1.807) is 12.1 Å². The van der Waals surface area contributed by atoms with Gasteiger partial charge in [-0.05, 0) is 49.9 Å². The predicted molar refractivity (Wildman–Crippen MR) is 96.1 cm³/mol. The highest BCUT2D eigenvalue weighted by Crippen LogP contribution is 2.25. The van der Waals surface area contributed by atoms with Crippen molar-refractivity contribution >= 4 is 17.7 Å². The number of hydrogen-bond donors (Lipinski definition) is 1. The van der Waals surface area contributed by atoms with Crippen LogP contribution in [0.25, 0.3) is 0 Å². The van der Waals surface area contributed by atoms with Crippen LogP contribution in [0.2, 0.25) is 0 Å². The van der Waals surface area contributed by atoms with Crippen LogP contribution in [0.4, 0.5) is 4.39 Å². The molecule has 1 atom stereocenters. The Morgan fingerprint density at radius 1 is 1.24 bits per heavy atom. The van der Waals surface area contributed by atoms with Crippen molar-refractivity contribution in [2.75, 3.05) is 25.9 Å². The summed E-state index contributed by atoms with van der Waals surface area (Å²) in [4.78, 5) is 23.0. The first-order valence-corrected chi connectivity index (χ1v) is 9.53. The van der Waals surface area contributed by atoms with E-state index in [1.807, 2.05) is 6.26 Å². The quantitative estimate of drug-likeness (QED) is 0.634. The lowest BCUT2D eigenvalue weighted by atomic mass is 10.1. The minimum Gasteiger partial charge on any atom is -0.350 e. The zero-order valence-corrected chi connectivity index (χ0v) is 14.9. The molecule has 1 aliphatic rings. The summed E-state index contributed by atoms with van der Waals surface area (Å²) in [5.41, 5.74) is 1.45. The topological polar surface area (TPSA) is 58.1 Å². The third-order valence-electron chi connectivity index (χ3n) is 4.37. The lowest BCUT2D eigenvalue weighted by Crippen LogP contribution is -2.36. The van der Waals surface area contributed by atoms with Gasteiger partial charge < -0.3 is 5.32 Å². The number of benzene rings is 1. The molecule has 0 radical (unpaired) electrons. The Balaban J connectivity index is 1.69. The number of halogens is 1. The number of rotatable bonds is 6. The molecule has 0 aliphatic carbocycles. The first kappa shape index (κ1) is 17.8. The monoisotopic (exact) mass is 360 g/mol. The molecule has 3 rings (SSSR count). The number of nitrogens with zero attached hydrogens (tertiary/aromatic N) is 3. The minimum atomic E-state index is -0.251. The fraction of sp³-hybridized carbons (Fsp3) is 0.389. The fourth-order valence-corrected chi connectivity index (χ4v) is 3.34. The zero-order chi connectivity index (χ0) is 17.6. The molecule has 1 fully saturated rings. The maximum absolute atomic E-state index is 13.2. The second kappa shape index (κ2) is 8.40. The van der Waals surface area contributed by atoms with Crippen LogP contribution in [0.5, 0.6) is 0 Å². The van der Waals surface area contributed by atoms with Gasteiger partial charge in [-0.3, -0.25) is 9.69 Å². The second-order valence-corrected chi connectivity index (χ2v) is 6.75. The van der Waals surface area contributed by atoms with Gasteiger partial charge in [0.1, 0.15) is 5.82 Å². The van der Waals surface area contributed by atoms with Crippen LogP contribution in [0, 0.1) is 5.82 Å². The molecule has 1 unspecified atom stereocenters. The Morgan fingerprint density at radius 2 is 1.88 bits per heavy atom. The van der Waals surface area contributed by atoms with E-state index in [1.165, 1.54) is 36.3 Å². The molecule has 7 heteroatoms. The Kier molecular flexibility index (Phi) is 5.99. The van der Waals surface area contributed by atoms with Crippen LogP contribution >= 0.6 is 11.8 Å². The molecule has 1 N–H and O–H groups in total. The number of carbonyl (C=O) groups is 1. The standard InChI is InChI=1S/C18H21FN4OS/c1-25-18-21-10-14(11-22-18)17(24)20-12-16(23-8-2-3-9-23)13-4-6-15(19)7-5-13/h4-7,10-11,16H,2-3,8-9,12H2,1H3,(H,20,24). The third kappa shape index (κ3) is 4.55. The molecule has 0 bridgehead atoms. The zero-order valence-electron chi connectivity index (χ0n) is 14.1. The van der Waals surface area contributed by atoms with Crippen LogP contribution < -0.4 is 5.32 Å². The molecule has 2 heterocycles. The minimum absolute atomic E-state index is 0.0402. The van der Waals surface area contributed by atoms with Crippen molar-refractivity contribution in [3.05, 3.63) is 53.6 Å².